The summed E-state index contributed by atoms with van der Waals surface area (Å²) in [6, 6.07) is 5.86. The normalized spacial score (nSPS) is 11.2. The summed E-state index contributed by atoms with van der Waals surface area (Å²) < 4.78 is 38.5. The van der Waals surface area contributed by atoms with Crippen molar-refractivity contribution in [2.45, 2.75) is 26.2 Å². The van der Waals surface area contributed by atoms with E-state index in [4.69, 9.17) is 9.47 Å². The van der Waals surface area contributed by atoms with Crippen LogP contribution in [0.3, 0.4) is 0 Å². The van der Waals surface area contributed by atoms with Crippen molar-refractivity contribution in [3.05, 3.63) is 53.5 Å². The second-order valence-corrected chi connectivity index (χ2v) is 4.93. The molecule has 0 saturated heterocycles. The number of carbonyl (C=O) groups is 1. The lowest BCUT2D eigenvalue weighted by molar-refractivity contribution is -0.0519. The third-order valence-electron chi connectivity index (χ3n) is 3.29. The molecular formula is C17H18F2N2O3. The first kappa shape index (κ1) is 17.8. The number of nitrogens with zero attached hydrogens (tertiary/aromatic N) is 2. The zero-order valence-electron chi connectivity index (χ0n) is 13.5. The summed E-state index contributed by atoms with van der Waals surface area (Å²) in [6.45, 7) is 2.69. The first-order chi connectivity index (χ1) is 11.5. The maximum atomic E-state index is 14.2. The van der Waals surface area contributed by atoms with Gasteiger partial charge in [-0.05, 0) is 37.1 Å². The predicted molar refractivity (Wildman–Crippen MR) is 83.2 cm³/mol. The van der Waals surface area contributed by atoms with Gasteiger partial charge in [0.25, 0.3) is 0 Å². The molecule has 2 aromatic rings. The monoisotopic (exact) mass is 336 g/mol. The number of halogens is 2. The van der Waals surface area contributed by atoms with Crippen LogP contribution in [0.15, 0.2) is 36.7 Å². The van der Waals surface area contributed by atoms with E-state index in [1.54, 1.807) is 19.1 Å². The van der Waals surface area contributed by atoms with Crippen LogP contribution in [0, 0.1) is 0 Å². The first-order valence-corrected chi connectivity index (χ1v) is 7.56. The van der Waals surface area contributed by atoms with E-state index in [-0.39, 0.29) is 18.1 Å². The number of aryl methyl sites for hydroxylation is 1. The molecule has 0 radical (unpaired) electrons. The molecule has 0 fully saturated rings. The van der Waals surface area contributed by atoms with Crippen molar-refractivity contribution in [3.63, 3.8) is 0 Å². The van der Waals surface area contributed by atoms with Gasteiger partial charge in [-0.3, -0.25) is 4.98 Å². The molecule has 0 N–H and O–H groups in total. The van der Waals surface area contributed by atoms with Crippen LogP contribution in [0.5, 0.6) is 5.88 Å². The van der Waals surface area contributed by atoms with Gasteiger partial charge in [0.05, 0.1) is 6.61 Å². The van der Waals surface area contributed by atoms with Crippen molar-refractivity contribution >= 4 is 5.97 Å². The molecule has 0 saturated carbocycles. The Morgan fingerprint density at radius 3 is 2.58 bits per heavy atom. The standard InChI is InChI=1S/C17H18F2N2O3/c1-3-12-8-10-21-15(14(12)16(22)23-4-2)24-11-17(18,19)13-7-5-6-9-20-13/h5-10H,3-4,11H2,1-2H3. The molecule has 0 unspecified atom stereocenters. The highest BCUT2D eigenvalue weighted by Crippen LogP contribution is 2.28. The molecular weight excluding hydrogens is 318 g/mol. The number of alkyl halides is 2. The van der Waals surface area contributed by atoms with Crippen molar-refractivity contribution in [3.8, 4) is 5.88 Å². The van der Waals surface area contributed by atoms with Crippen LogP contribution in [0.2, 0.25) is 0 Å². The molecule has 0 aliphatic carbocycles. The van der Waals surface area contributed by atoms with E-state index < -0.39 is 24.2 Å². The molecule has 0 amide bonds. The molecule has 0 aliphatic rings. The maximum absolute atomic E-state index is 14.2. The van der Waals surface area contributed by atoms with E-state index in [2.05, 4.69) is 9.97 Å². The molecule has 24 heavy (non-hydrogen) atoms. The molecule has 0 aromatic carbocycles. The van der Waals surface area contributed by atoms with Gasteiger partial charge in [0.1, 0.15) is 11.3 Å². The SMILES string of the molecule is CCOC(=O)c1c(CC)ccnc1OCC(F)(F)c1ccccn1. The van der Waals surface area contributed by atoms with Crippen LogP contribution in [0.25, 0.3) is 0 Å². The number of hydrogen-bond acceptors (Lipinski definition) is 5. The predicted octanol–water partition coefficient (Wildman–Crippen LogP) is 3.39. The molecule has 0 aliphatic heterocycles. The molecule has 7 heteroatoms. The molecule has 0 spiro atoms. The lowest BCUT2D eigenvalue weighted by Crippen LogP contribution is -2.25. The van der Waals surface area contributed by atoms with Crippen LogP contribution in [-0.2, 0) is 17.1 Å². The highest BCUT2D eigenvalue weighted by atomic mass is 19.3. The molecule has 2 rings (SSSR count). The number of pyridine rings is 2. The van der Waals surface area contributed by atoms with Crippen LogP contribution >= 0.6 is 0 Å². The van der Waals surface area contributed by atoms with Gasteiger partial charge >= 0.3 is 11.9 Å². The van der Waals surface area contributed by atoms with Crippen molar-refractivity contribution in [1.82, 2.24) is 9.97 Å². The Morgan fingerprint density at radius 2 is 1.96 bits per heavy atom. The Morgan fingerprint density at radius 1 is 1.17 bits per heavy atom. The fourth-order valence-corrected chi connectivity index (χ4v) is 2.12. The van der Waals surface area contributed by atoms with E-state index in [1.807, 2.05) is 6.92 Å². The largest absolute Gasteiger partial charge is 0.470 e. The minimum atomic E-state index is -3.31. The van der Waals surface area contributed by atoms with Gasteiger partial charge in [-0.25, -0.2) is 9.78 Å². The highest BCUT2D eigenvalue weighted by molar-refractivity contribution is 5.93. The Hall–Kier alpha value is -2.57. The van der Waals surface area contributed by atoms with Crippen LogP contribution < -0.4 is 4.74 Å². The molecule has 0 bridgehead atoms. The fourth-order valence-electron chi connectivity index (χ4n) is 2.12. The smallest absolute Gasteiger partial charge is 0.343 e. The van der Waals surface area contributed by atoms with Gasteiger partial charge in [0.15, 0.2) is 6.61 Å². The minimum absolute atomic E-state index is 0.0821. The first-order valence-electron chi connectivity index (χ1n) is 7.56. The summed E-state index contributed by atoms with van der Waals surface area (Å²) in [5.74, 6) is -4.11. The van der Waals surface area contributed by atoms with Crippen molar-refractivity contribution in [2.75, 3.05) is 13.2 Å². The summed E-state index contributed by atoms with van der Waals surface area (Å²) in [4.78, 5) is 19.6. The maximum Gasteiger partial charge on any atom is 0.343 e. The van der Waals surface area contributed by atoms with Gasteiger partial charge in [-0.2, -0.15) is 8.78 Å². The molecule has 5 nitrogen and oxygen atoms in total. The van der Waals surface area contributed by atoms with E-state index in [9.17, 15) is 13.6 Å². The zero-order chi connectivity index (χ0) is 17.6. The summed E-state index contributed by atoms with van der Waals surface area (Å²) in [6.07, 6.45) is 3.21. The van der Waals surface area contributed by atoms with Gasteiger partial charge in [0, 0.05) is 12.4 Å². The quantitative estimate of drug-likeness (QED) is 0.725. The average Bonchev–Trinajstić information content (AvgIpc) is 2.60. The summed E-state index contributed by atoms with van der Waals surface area (Å²) >= 11 is 0. The number of esters is 1. The number of hydrogen-bond donors (Lipinski definition) is 0. The van der Waals surface area contributed by atoms with Gasteiger partial charge in [-0.15, -0.1) is 0 Å². The van der Waals surface area contributed by atoms with Crippen LogP contribution in [0.1, 0.15) is 35.5 Å². The molecule has 128 valence electrons. The Bertz CT molecular complexity index is 693. The van der Waals surface area contributed by atoms with Gasteiger partial charge < -0.3 is 9.47 Å². The second kappa shape index (κ2) is 7.81. The average molecular weight is 336 g/mol. The van der Waals surface area contributed by atoms with E-state index in [1.165, 1.54) is 24.5 Å². The molecule has 0 atom stereocenters. The Labute approximate surface area is 138 Å². The van der Waals surface area contributed by atoms with E-state index in [0.29, 0.717) is 12.0 Å². The topological polar surface area (TPSA) is 61.3 Å². The minimum Gasteiger partial charge on any atom is -0.470 e. The second-order valence-electron chi connectivity index (χ2n) is 4.93. The van der Waals surface area contributed by atoms with Gasteiger partial charge in [-0.1, -0.05) is 13.0 Å². The third-order valence-corrected chi connectivity index (χ3v) is 3.29. The Balaban J connectivity index is 2.25. The number of rotatable bonds is 7. The number of aromatic nitrogens is 2. The zero-order valence-corrected chi connectivity index (χ0v) is 13.5. The lowest BCUT2D eigenvalue weighted by Gasteiger charge is -2.18. The van der Waals surface area contributed by atoms with Crippen LogP contribution in [-0.4, -0.2) is 29.2 Å². The van der Waals surface area contributed by atoms with Crippen molar-refractivity contribution in [1.29, 1.82) is 0 Å². The summed E-state index contributed by atoms with van der Waals surface area (Å²) in [5.41, 5.74) is 0.299. The molecule has 2 aromatic heterocycles. The fraction of sp³-hybridized carbons (Fsp3) is 0.353. The van der Waals surface area contributed by atoms with Gasteiger partial charge in [0.2, 0.25) is 5.88 Å². The number of ether oxygens (including phenoxy) is 2. The summed E-state index contributed by atoms with van der Waals surface area (Å²) in [7, 11) is 0. The third kappa shape index (κ3) is 4.04. The van der Waals surface area contributed by atoms with Crippen molar-refractivity contribution < 1.29 is 23.0 Å². The lowest BCUT2D eigenvalue weighted by atomic mass is 10.1. The Kier molecular flexibility index (Phi) is 5.78. The van der Waals surface area contributed by atoms with Crippen molar-refractivity contribution in [2.24, 2.45) is 0 Å². The molecule has 2 heterocycles. The number of carbonyl (C=O) groups excluding carboxylic acids is 1. The summed E-state index contributed by atoms with van der Waals surface area (Å²) in [5, 5.41) is 0. The van der Waals surface area contributed by atoms with Crippen LogP contribution in [0.4, 0.5) is 8.78 Å². The highest BCUT2D eigenvalue weighted by Gasteiger charge is 2.35. The van der Waals surface area contributed by atoms with E-state index >= 15 is 0 Å². The van der Waals surface area contributed by atoms with E-state index in [0.717, 1.165) is 0 Å².